The Hall–Kier alpha value is -2.66. The Kier molecular flexibility index (Phi) is 6.70. The molecule has 0 spiro atoms. The first-order valence-corrected chi connectivity index (χ1v) is 9.99. The highest BCUT2D eigenvalue weighted by molar-refractivity contribution is 5.92. The van der Waals surface area contributed by atoms with E-state index in [9.17, 15) is 9.18 Å². The second-order valence-corrected chi connectivity index (χ2v) is 7.81. The average Bonchev–Trinajstić information content (AvgIpc) is 2.71. The quantitative estimate of drug-likeness (QED) is 0.708. The zero-order chi connectivity index (χ0) is 21.0. The van der Waals surface area contributed by atoms with Crippen LogP contribution in [0.4, 0.5) is 4.39 Å². The van der Waals surface area contributed by atoms with Gasteiger partial charge in [0.2, 0.25) is 5.91 Å². The van der Waals surface area contributed by atoms with E-state index in [1.807, 2.05) is 48.2 Å². The summed E-state index contributed by atoms with van der Waals surface area (Å²) in [7, 11) is 1.65. The molecular formula is C24H29FN2O2. The number of carbonyl (C=O) groups is 1. The molecule has 5 heteroatoms. The van der Waals surface area contributed by atoms with E-state index >= 15 is 0 Å². The lowest BCUT2D eigenvalue weighted by Gasteiger charge is -2.44. The Morgan fingerprint density at radius 2 is 1.86 bits per heavy atom. The largest absolute Gasteiger partial charge is 0.496 e. The molecule has 1 fully saturated rings. The van der Waals surface area contributed by atoms with Gasteiger partial charge in [0.15, 0.2) is 0 Å². The standard InChI is InChI=1S/C24H29FN2O2/c1-17-5-6-20(13-23(17)29-4)9-12-24(28)27-15-18(2)26(14-19(27)3)16-21-7-10-22(25)11-8-21/h5-13,18-19H,14-16H2,1-4H3. The minimum absolute atomic E-state index is 0.0188. The molecule has 29 heavy (non-hydrogen) atoms. The molecule has 0 bridgehead atoms. The molecule has 2 atom stereocenters. The Balaban J connectivity index is 1.63. The van der Waals surface area contributed by atoms with Gasteiger partial charge in [0.25, 0.3) is 0 Å². The number of halogens is 1. The SMILES string of the molecule is COc1cc(C=CC(=O)N2CC(C)N(Cc3ccc(F)cc3)CC2C)ccc1C. The van der Waals surface area contributed by atoms with Crippen molar-refractivity contribution in [2.75, 3.05) is 20.2 Å². The normalized spacial score (nSPS) is 20.2. The van der Waals surface area contributed by atoms with Gasteiger partial charge < -0.3 is 9.64 Å². The number of carbonyl (C=O) groups excluding carboxylic acids is 1. The number of rotatable bonds is 5. The summed E-state index contributed by atoms with van der Waals surface area (Å²) < 4.78 is 18.5. The zero-order valence-corrected chi connectivity index (χ0v) is 17.6. The Morgan fingerprint density at radius 1 is 1.14 bits per heavy atom. The van der Waals surface area contributed by atoms with E-state index in [-0.39, 0.29) is 23.8 Å². The fourth-order valence-corrected chi connectivity index (χ4v) is 3.75. The molecule has 4 nitrogen and oxygen atoms in total. The Bertz CT molecular complexity index is 879. The molecule has 0 N–H and O–H groups in total. The van der Waals surface area contributed by atoms with E-state index in [4.69, 9.17) is 4.74 Å². The molecule has 3 rings (SSSR count). The van der Waals surface area contributed by atoms with Crippen LogP contribution in [-0.2, 0) is 11.3 Å². The number of ether oxygens (including phenoxy) is 1. The lowest BCUT2D eigenvalue weighted by Crippen LogP contribution is -2.57. The van der Waals surface area contributed by atoms with Crippen molar-refractivity contribution in [2.45, 2.75) is 39.4 Å². The number of aryl methyl sites for hydroxylation is 1. The summed E-state index contributed by atoms with van der Waals surface area (Å²) in [4.78, 5) is 17.1. The van der Waals surface area contributed by atoms with Crippen molar-refractivity contribution in [3.63, 3.8) is 0 Å². The summed E-state index contributed by atoms with van der Waals surface area (Å²) in [5.41, 5.74) is 3.09. The number of piperazine rings is 1. The van der Waals surface area contributed by atoms with Crippen LogP contribution in [0.1, 0.15) is 30.5 Å². The van der Waals surface area contributed by atoms with Gasteiger partial charge in [-0.15, -0.1) is 0 Å². The fourth-order valence-electron chi connectivity index (χ4n) is 3.75. The van der Waals surface area contributed by atoms with Gasteiger partial charge in [-0.1, -0.05) is 24.3 Å². The number of methoxy groups -OCH3 is 1. The Morgan fingerprint density at radius 3 is 2.55 bits per heavy atom. The van der Waals surface area contributed by atoms with E-state index in [0.717, 1.165) is 35.5 Å². The molecule has 1 amide bonds. The van der Waals surface area contributed by atoms with Gasteiger partial charge in [0, 0.05) is 37.8 Å². The maximum absolute atomic E-state index is 13.1. The first kappa shape index (κ1) is 21.1. The summed E-state index contributed by atoms with van der Waals surface area (Å²) in [5, 5.41) is 0. The molecule has 2 aromatic rings. The monoisotopic (exact) mass is 396 g/mol. The molecule has 1 saturated heterocycles. The molecule has 2 aromatic carbocycles. The van der Waals surface area contributed by atoms with Crippen molar-refractivity contribution in [3.8, 4) is 5.75 Å². The minimum Gasteiger partial charge on any atom is -0.496 e. The van der Waals surface area contributed by atoms with Gasteiger partial charge in [0.05, 0.1) is 7.11 Å². The highest BCUT2D eigenvalue weighted by Gasteiger charge is 2.30. The molecule has 2 unspecified atom stereocenters. The van der Waals surface area contributed by atoms with E-state index < -0.39 is 0 Å². The Labute approximate surface area is 172 Å². The molecule has 1 aliphatic rings. The topological polar surface area (TPSA) is 32.8 Å². The third-order valence-corrected chi connectivity index (χ3v) is 5.55. The van der Waals surface area contributed by atoms with Crippen LogP contribution in [0.25, 0.3) is 6.08 Å². The van der Waals surface area contributed by atoms with Crippen molar-refractivity contribution in [2.24, 2.45) is 0 Å². The molecule has 1 heterocycles. The summed E-state index contributed by atoms with van der Waals surface area (Å²) in [6.45, 7) is 8.41. The maximum Gasteiger partial charge on any atom is 0.246 e. The van der Waals surface area contributed by atoms with Crippen molar-refractivity contribution in [1.29, 1.82) is 0 Å². The highest BCUT2D eigenvalue weighted by Crippen LogP contribution is 2.21. The summed E-state index contributed by atoms with van der Waals surface area (Å²) >= 11 is 0. The number of hydrogen-bond acceptors (Lipinski definition) is 3. The van der Waals surface area contributed by atoms with Gasteiger partial charge in [-0.3, -0.25) is 9.69 Å². The molecule has 0 aromatic heterocycles. The number of benzene rings is 2. The van der Waals surface area contributed by atoms with E-state index in [1.54, 1.807) is 13.2 Å². The molecule has 1 aliphatic heterocycles. The third kappa shape index (κ3) is 5.24. The van der Waals surface area contributed by atoms with Crippen molar-refractivity contribution in [3.05, 3.63) is 71.0 Å². The smallest absolute Gasteiger partial charge is 0.246 e. The number of nitrogens with zero attached hydrogens (tertiary/aromatic N) is 2. The summed E-state index contributed by atoms with van der Waals surface area (Å²) in [6.07, 6.45) is 3.48. The van der Waals surface area contributed by atoms with Crippen molar-refractivity contribution in [1.82, 2.24) is 9.80 Å². The predicted molar refractivity (Wildman–Crippen MR) is 114 cm³/mol. The first-order valence-electron chi connectivity index (χ1n) is 9.99. The predicted octanol–water partition coefficient (Wildman–Crippen LogP) is 4.28. The van der Waals surface area contributed by atoms with Crippen LogP contribution in [0.2, 0.25) is 0 Å². The van der Waals surface area contributed by atoms with E-state index in [2.05, 4.69) is 18.7 Å². The lowest BCUT2D eigenvalue weighted by atomic mass is 10.1. The van der Waals surface area contributed by atoms with Crippen LogP contribution in [0.3, 0.4) is 0 Å². The zero-order valence-electron chi connectivity index (χ0n) is 17.6. The van der Waals surface area contributed by atoms with Crippen molar-refractivity contribution < 1.29 is 13.9 Å². The number of hydrogen-bond donors (Lipinski definition) is 0. The van der Waals surface area contributed by atoms with Crippen LogP contribution < -0.4 is 4.74 Å². The first-order chi connectivity index (χ1) is 13.9. The molecule has 0 aliphatic carbocycles. The van der Waals surface area contributed by atoms with Crippen LogP contribution in [0.15, 0.2) is 48.5 Å². The van der Waals surface area contributed by atoms with Crippen LogP contribution in [0, 0.1) is 12.7 Å². The fraction of sp³-hybridized carbons (Fsp3) is 0.375. The summed E-state index contributed by atoms with van der Waals surface area (Å²) in [5.74, 6) is 0.616. The second-order valence-electron chi connectivity index (χ2n) is 7.81. The van der Waals surface area contributed by atoms with Gasteiger partial charge >= 0.3 is 0 Å². The van der Waals surface area contributed by atoms with Crippen molar-refractivity contribution >= 4 is 12.0 Å². The average molecular weight is 397 g/mol. The molecule has 0 radical (unpaired) electrons. The third-order valence-electron chi connectivity index (χ3n) is 5.55. The lowest BCUT2D eigenvalue weighted by molar-refractivity contribution is -0.131. The molecule has 154 valence electrons. The van der Waals surface area contributed by atoms with Gasteiger partial charge in [-0.25, -0.2) is 4.39 Å². The number of amides is 1. The minimum atomic E-state index is -0.219. The van der Waals surface area contributed by atoms with Crippen LogP contribution in [-0.4, -0.2) is 48.0 Å². The van der Waals surface area contributed by atoms with Crippen LogP contribution in [0.5, 0.6) is 5.75 Å². The molecular weight excluding hydrogens is 367 g/mol. The van der Waals surface area contributed by atoms with E-state index in [1.165, 1.54) is 12.1 Å². The van der Waals surface area contributed by atoms with Crippen LogP contribution >= 0.6 is 0 Å². The van der Waals surface area contributed by atoms with Gasteiger partial charge in [0.1, 0.15) is 11.6 Å². The molecule has 0 saturated carbocycles. The van der Waals surface area contributed by atoms with Gasteiger partial charge in [-0.05, 0) is 61.7 Å². The summed E-state index contributed by atoms with van der Waals surface area (Å²) in [6, 6.07) is 12.9. The highest BCUT2D eigenvalue weighted by atomic mass is 19.1. The van der Waals surface area contributed by atoms with Gasteiger partial charge in [-0.2, -0.15) is 0 Å². The van der Waals surface area contributed by atoms with E-state index in [0.29, 0.717) is 6.54 Å². The maximum atomic E-state index is 13.1. The second kappa shape index (κ2) is 9.23.